The summed E-state index contributed by atoms with van der Waals surface area (Å²) in [5.74, 6) is 4.02. The average Bonchev–Trinajstić information content (AvgIpc) is 2.33. The molecule has 5 nitrogen and oxygen atoms in total. The summed E-state index contributed by atoms with van der Waals surface area (Å²) in [7, 11) is 0. The molecule has 0 aliphatic carbocycles. The van der Waals surface area contributed by atoms with Gasteiger partial charge >= 0.3 is 6.18 Å². The van der Waals surface area contributed by atoms with E-state index in [2.05, 4.69) is 29.2 Å². The number of nitrogen functional groups attached to an aromatic ring is 1. The van der Waals surface area contributed by atoms with Crippen LogP contribution in [0.3, 0.4) is 0 Å². The fourth-order valence-electron chi connectivity index (χ4n) is 1.37. The quantitative estimate of drug-likeness (QED) is 0.475. The lowest BCUT2D eigenvalue weighted by Gasteiger charge is -2.11. The zero-order valence-electron chi connectivity index (χ0n) is 10.8. The van der Waals surface area contributed by atoms with Gasteiger partial charge in [0.15, 0.2) is 0 Å². The van der Waals surface area contributed by atoms with Gasteiger partial charge in [-0.25, -0.2) is 10.8 Å². The molecular weight excluding hydrogens is 261 g/mol. The molecule has 0 aromatic carbocycles. The molecule has 0 saturated carbocycles. The van der Waals surface area contributed by atoms with E-state index in [9.17, 15) is 13.2 Å². The molecule has 3 N–H and O–H groups in total. The minimum absolute atomic E-state index is 0.138. The van der Waals surface area contributed by atoms with Gasteiger partial charge in [0.25, 0.3) is 0 Å². The van der Waals surface area contributed by atoms with Crippen molar-refractivity contribution in [3.8, 4) is 5.88 Å². The Bertz CT molecular complexity index is 409. The van der Waals surface area contributed by atoms with Crippen LogP contribution in [0.2, 0.25) is 0 Å². The predicted octanol–water partition coefficient (Wildman–Crippen LogP) is 2.60. The first-order chi connectivity index (χ1) is 8.82. The molecular formula is C11H17F3N4O. The highest BCUT2D eigenvalue weighted by Crippen LogP contribution is 2.28. The third-order valence-corrected chi connectivity index (χ3v) is 2.28. The molecule has 0 amide bonds. The molecule has 0 saturated heterocycles. The number of anilines is 1. The number of ether oxygens (including phenoxy) is 1. The Labute approximate surface area is 109 Å². The second-order valence-corrected chi connectivity index (χ2v) is 4.44. The summed E-state index contributed by atoms with van der Waals surface area (Å²) in [6, 6.07) is 1.23. The topological polar surface area (TPSA) is 73.1 Å². The standard InChI is InChI=1S/C11H17F3N4O/c1-7(2)4-3-5-19-9-6-8(18-15)16-10(17-9)11(12,13)14/h6-7H,3-5,15H2,1-2H3,(H,16,17,18). The van der Waals surface area contributed by atoms with Gasteiger partial charge in [0.05, 0.1) is 6.61 Å². The highest BCUT2D eigenvalue weighted by molar-refractivity contribution is 5.37. The first-order valence-electron chi connectivity index (χ1n) is 5.88. The molecule has 0 atom stereocenters. The van der Waals surface area contributed by atoms with E-state index in [0.717, 1.165) is 12.8 Å². The van der Waals surface area contributed by atoms with E-state index < -0.39 is 12.0 Å². The maximum atomic E-state index is 12.5. The van der Waals surface area contributed by atoms with E-state index in [1.54, 1.807) is 0 Å². The molecule has 8 heteroatoms. The fraction of sp³-hybridized carbons (Fsp3) is 0.636. The number of halogens is 3. The minimum atomic E-state index is -4.64. The lowest BCUT2D eigenvalue weighted by Crippen LogP contribution is -2.16. The number of hydrogen-bond acceptors (Lipinski definition) is 5. The van der Waals surface area contributed by atoms with Gasteiger partial charge in [-0.3, -0.25) is 0 Å². The Morgan fingerprint density at radius 1 is 1.37 bits per heavy atom. The molecule has 0 spiro atoms. The summed E-state index contributed by atoms with van der Waals surface area (Å²) in [5, 5.41) is 0. The molecule has 108 valence electrons. The van der Waals surface area contributed by atoms with Crippen molar-refractivity contribution in [3.63, 3.8) is 0 Å². The molecule has 1 aromatic heterocycles. The Kier molecular flexibility index (Phi) is 5.34. The third kappa shape index (κ3) is 5.29. The zero-order valence-corrected chi connectivity index (χ0v) is 10.8. The molecule has 0 radical (unpaired) electrons. The van der Waals surface area contributed by atoms with Gasteiger partial charge in [0, 0.05) is 6.07 Å². The molecule has 0 aliphatic rings. The first kappa shape index (κ1) is 15.5. The number of nitrogens with two attached hydrogens (primary N) is 1. The van der Waals surface area contributed by atoms with Crippen LogP contribution in [0.25, 0.3) is 0 Å². The van der Waals surface area contributed by atoms with Crippen LogP contribution in [0, 0.1) is 5.92 Å². The molecule has 1 heterocycles. The van der Waals surface area contributed by atoms with Crippen LogP contribution in [0.5, 0.6) is 5.88 Å². The maximum Gasteiger partial charge on any atom is 0.451 e. The van der Waals surface area contributed by atoms with Gasteiger partial charge in [0.1, 0.15) is 5.82 Å². The first-order valence-corrected chi connectivity index (χ1v) is 5.88. The van der Waals surface area contributed by atoms with E-state index in [1.165, 1.54) is 6.07 Å². The van der Waals surface area contributed by atoms with Gasteiger partial charge < -0.3 is 10.2 Å². The molecule has 0 unspecified atom stereocenters. The second kappa shape index (κ2) is 6.55. The number of hydrazine groups is 1. The number of hydrogen-bond donors (Lipinski definition) is 2. The van der Waals surface area contributed by atoms with E-state index in [4.69, 9.17) is 10.6 Å². The normalized spacial score (nSPS) is 11.7. The van der Waals surface area contributed by atoms with Gasteiger partial charge in [-0.05, 0) is 18.8 Å². The summed E-state index contributed by atoms with van der Waals surface area (Å²) in [6.45, 7) is 4.42. The van der Waals surface area contributed by atoms with Crippen molar-refractivity contribution in [3.05, 3.63) is 11.9 Å². The predicted molar refractivity (Wildman–Crippen MR) is 64.4 cm³/mol. The number of nitrogens with one attached hydrogen (secondary N) is 1. The number of alkyl halides is 3. The van der Waals surface area contributed by atoms with E-state index in [0.29, 0.717) is 12.5 Å². The molecule has 1 rings (SSSR count). The van der Waals surface area contributed by atoms with Gasteiger partial charge in [0.2, 0.25) is 11.7 Å². The Hall–Kier alpha value is -1.57. The van der Waals surface area contributed by atoms with Crippen LogP contribution in [0.1, 0.15) is 32.5 Å². The van der Waals surface area contributed by atoms with Gasteiger partial charge in [-0.2, -0.15) is 18.2 Å². The van der Waals surface area contributed by atoms with Crippen molar-refractivity contribution in [1.82, 2.24) is 9.97 Å². The highest BCUT2D eigenvalue weighted by atomic mass is 19.4. The van der Waals surface area contributed by atoms with Crippen LogP contribution in [-0.4, -0.2) is 16.6 Å². The number of aromatic nitrogens is 2. The van der Waals surface area contributed by atoms with E-state index in [-0.39, 0.29) is 11.7 Å². The fourth-order valence-corrected chi connectivity index (χ4v) is 1.37. The van der Waals surface area contributed by atoms with Gasteiger partial charge in [-0.15, -0.1) is 0 Å². The van der Waals surface area contributed by atoms with Crippen LogP contribution >= 0.6 is 0 Å². The van der Waals surface area contributed by atoms with E-state index >= 15 is 0 Å². The smallest absolute Gasteiger partial charge is 0.451 e. The minimum Gasteiger partial charge on any atom is -0.478 e. The summed E-state index contributed by atoms with van der Waals surface area (Å²) < 4.78 is 42.8. The summed E-state index contributed by atoms with van der Waals surface area (Å²) in [5.41, 5.74) is 2.06. The molecule has 0 aliphatic heterocycles. The van der Waals surface area contributed by atoms with Gasteiger partial charge in [-0.1, -0.05) is 13.8 Å². The average molecular weight is 278 g/mol. The Balaban J connectivity index is 2.72. The molecule has 1 aromatic rings. The SMILES string of the molecule is CC(C)CCCOc1cc(NN)nc(C(F)(F)F)n1. The Morgan fingerprint density at radius 3 is 2.58 bits per heavy atom. The van der Waals surface area contributed by atoms with Crippen molar-refractivity contribution in [2.75, 3.05) is 12.0 Å². The van der Waals surface area contributed by atoms with Crippen LogP contribution < -0.4 is 16.0 Å². The Morgan fingerprint density at radius 2 is 2.05 bits per heavy atom. The summed E-state index contributed by atoms with van der Waals surface area (Å²) in [4.78, 5) is 6.54. The largest absolute Gasteiger partial charge is 0.478 e. The van der Waals surface area contributed by atoms with E-state index in [1.807, 2.05) is 0 Å². The highest BCUT2D eigenvalue weighted by Gasteiger charge is 2.35. The lowest BCUT2D eigenvalue weighted by molar-refractivity contribution is -0.145. The number of nitrogens with zero attached hydrogens (tertiary/aromatic N) is 2. The van der Waals surface area contributed by atoms with Crippen LogP contribution in [0.4, 0.5) is 19.0 Å². The second-order valence-electron chi connectivity index (χ2n) is 4.44. The van der Waals surface area contributed by atoms with Crippen molar-refractivity contribution in [1.29, 1.82) is 0 Å². The zero-order chi connectivity index (χ0) is 14.5. The molecule has 0 fully saturated rings. The van der Waals surface area contributed by atoms with Crippen molar-refractivity contribution >= 4 is 5.82 Å². The van der Waals surface area contributed by atoms with Crippen molar-refractivity contribution < 1.29 is 17.9 Å². The van der Waals surface area contributed by atoms with Crippen molar-refractivity contribution in [2.24, 2.45) is 11.8 Å². The van der Waals surface area contributed by atoms with Crippen LogP contribution in [0.15, 0.2) is 6.07 Å². The summed E-state index contributed by atoms with van der Waals surface area (Å²) in [6.07, 6.45) is -2.96. The number of rotatable bonds is 6. The maximum absolute atomic E-state index is 12.5. The molecule has 19 heavy (non-hydrogen) atoms. The molecule has 0 bridgehead atoms. The third-order valence-electron chi connectivity index (χ3n) is 2.28. The summed E-state index contributed by atoms with van der Waals surface area (Å²) >= 11 is 0. The van der Waals surface area contributed by atoms with Crippen LogP contribution in [-0.2, 0) is 6.18 Å². The monoisotopic (exact) mass is 278 g/mol. The lowest BCUT2D eigenvalue weighted by atomic mass is 10.1. The van der Waals surface area contributed by atoms with Crippen molar-refractivity contribution in [2.45, 2.75) is 32.9 Å².